The van der Waals surface area contributed by atoms with Crippen molar-refractivity contribution in [3.8, 4) is 5.75 Å². The van der Waals surface area contributed by atoms with Crippen LogP contribution in [0.5, 0.6) is 5.75 Å². The topological polar surface area (TPSA) is 90.7 Å². The fraction of sp³-hybridized carbons (Fsp3) is 0.467. The average molecular weight is 294 g/mol. The number of nitrogens with two attached hydrogens (primary N) is 1. The number of nitrogen functional groups attached to an aromatic ring is 1. The van der Waals surface area contributed by atoms with E-state index in [-0.39, 0.29) is 24.1 Å². The molecular formula is C15H22N2O4. The van der Waals surface area contributed by atoms with E-state index in [2.05, 4.69) is 5.32 Å². The lowest BCUT2D eigenvalue weighted by atomic mass is 10.1. The first-order valence-electron chi connectivity index (χ1n) is 6.75. The number of ether oxygens (including phenoxy) is 2. The molecular weight excluding hydrogens is 272 g/mol. The summed E-state index contributed by atoms with van der Waals surface area (Å²) in [5, 5.41) is 2.76. The molecule has 0 aliphatic rings. The normalized spacial score (nSPS) is 11.9. The van der Waals surface area contributed by atoms with Gasteiger partial charge in [0.05, 0.1) is 7.11 Å². The zero-order chi connectivity index (χ0) is 16.0. The second-order valence-electron chi connectivity index (χ2n) is 5.14. The monoisotopic (exact) mass is 294 g/mol. The molecule has 0 spiro atoms. The third-order valence-electron chi connectivity index (χ3n) is 3.17. The van der Waals surface area contributed by atoms with Crippen LogP contribution in [0.1, 0.15) is 31.1 Å². The lowest BCUT2D eigenvalue weighted by Gasteiger charge is -2.17. The molecule has 0 aliphatic carbocycles. The largest absolute Gasteiger partial charge is 0.496 e. The molecule has 1 aromatic carbocycles. The molecule has 0 aromatic heterocycles. The lowest BCUT2D eigenvalue weighted by molar-refractivity contribution is -0.125. The van der Waals surface area contributed by atoms with Crippen LogP contribution in [0.3, 0.4) is 0 Å². The number of rotatable bonds is 6. The van der Waals surface area contributed by atoms with Crippen molar-refractivity contribution in [3.63, 3.8) is 0 Å². The van der Waals surface area contributed by atoms with Crippen LogP contribution in [0.4, 0.5) is 5.69 Å². The highest BCUT2D eigenvalue weighted by Crippen LogP contribution is 2.22. The first kappa shape index (κ1) is 16.8. The van der Waals surface area contributed by atoms with Gasteiger partial charge in [0.1, 0.15) is 11.3 Å². The van der Waals surface area contributed by atoms with Gasteiger partial charge in [-0.3, -0.25) is 4.79 Å². The Hall–Kier alpha value is -2.24. The summed E-state index contributed by atoms with van der Waals surface area (Å²) < 4.78 is 10.0. The molecule has 0 radical (unpaired) electrons. The smallest absolute Gasteiger partial charge is 0.342 e. The Bertz CT molecular complexity index is 514. The second-order valence-corrected chi connectivity index (χ2v) is 5.14. The van der Waals surface area contributed by atoms with Gasteiger partial charge < -0.3 is 20.5 Å². The van der Waals surface area contributed by atoms with Crippen molar-refractivity contribution < 1.29 is 19.1 Å². The number of methoxy groups -OCH3 is 1. The first-order chi connectivity index (χ1) is 9.85. The van der Waals surface area contributed by atoms with Gasteiger partial charge in [0.2, 0.25) is 0 Å². The highest BCUT2D eigenvalue weighted by Gasteiger charge is 2.17. The number of esters is 1. The van der Waals surface area contributed by atoms with Crippen molar-refractivity contribution >= 4 is 17.6 Å². The molecule has 6 nitrogen and oxygen atoms in total. The average Bonchev–Trinajstić information content (AvgIpc) is 2.44. The number of anilines is 1. The third kappa shape index (κ3) is 4.98. The molecule has 1 aromatic rings. The van der Waals surface area contributed by atoms with Gasteiger partial charge in [-0.05, 0) is 25.0 Å². The van der Waals surface area contributed by atoms with Crippen LogP contribution in [0.25, 0.3) is 0 Å². The summed E-state index contributed by atoms with van der Waals surface area (Å²) in [4.78, 5) is 23.6. The summed E-state index contributed by atoms with van der Waals surface area (Å²) in [5.41, 5.74) is 6.32. The van der Waals surface area contributed by atoms with Gasteiger partial charge in [-0.15, -0.1) is 0 Å². The Kier molecular flexibility index (Phi) is 6.02. The van der Waals surface area contributed by atoms with Crippen molar-refractivity contribution in [1.29, 1.82) is 0 Å². The molecule has 3 N–H and O–H groups in total. The SMILES string of the molecule is COc1cc(N)ccc1C(=O)OCC(=O)NC(C)C(C)C. The van der Waals surface area contributed by atoms with E-state index in [1.54, 1.807) is 6.07 Å². The van der Waals surface area contributed by atoms with E-state index in [9.17, 15) is 9.59 Å². The van der Waals surface area contributed by atoms with Gasteiger partial charge in [-0.1, -0.05) is 13.8 Å². The quantitative estimate of drug-likeness (QED) is 0.614. The van der Waals surface area contributed by atoms with E-state index < -0.39 is 5.97 Å². The number of benzene rings is 1. The number of hydrogen-bond acceptors (Lipinski definition) is 5. The first-order valence-corrected chi connectivity index (χ1v) is 6.75. The number of amides is 1. The van der Waals surface area contributed by atoms with Crippen LogP contribution >= 0.6 is 0 Å². The van der Waals surface area contributed by atoms with Gasteiger partial charge in [0.15, 0.2) is 6.61 Å². The Morgan fingerprint density at radius 3 is 2.52 bits per heavy atom. The van der Waals surface area contributed by atoms with Crippen LogP contribution in [-0.2, 0) is 9.53 Å². The fourth-order valence-electron chi connectivity index (χ4n) is 1.55. The summed E-state index contributed by atoms with van der Waals surface area (Å²) in [7, 11) is 1.43. The van der Waals surface area contributed by atoms with E-state index in [1.165, 1.54) is 19.2 Å². The van der Waals surface area contributed by atoms with E-state index in [1.807, 2.05) is 20.8 Å². The zero-order valence-electron chi connectivity index (χ0n) is 12.8. The van der Waals surface area contributed by atoms with Gasteiger partial charge in [0.25, 0.3) is 5.91 Å². The summed E-state index contributed by atoms with van der Waals surface area (Å²) in [6, 6.07) is 4.62. The van der Waals surface area contributed by atoms with Crippen LogP contribution in [0.2, 0.25) is 0 Å². The highest BCUT2D eigenvalue weighted by molar-refractivity contribution is 5.94. The molecule has 0 heterocycles. The van der Waals surface area contributed by atoms with Gasteiger partial charge in [-0.2, -0.15) is 0 Å². The summed E-state index contributed by atoms with van der Waals surface area (Å²) in [6.07, 6.45) is 0. The number of carbonyl (C=O) groups is 2. The number of hydrogen-bond donors (Lipinski definition) is 2. The van der Waals surface area contributed by atoms with Crippen molar-refractivity contribution in [1.82, 2.24) is 5.32 Å². The number of carbonyl (C=O) groups excluding carboxylic acids is 2. The Morgan fingerprint density at radius 2 is 1.95 bits per heavy atom. The van der Waals surface area contributed by atoms with Crippen molar-refractivity contribution in [2.45, 2.75) is 26.8 Å². The summed E-state index contributed by atoms with van der Waals surface area (Å²) >= 11 is 0. The highest BCUT2D eigenvalue weighted by atomic mass is 16.5. The summed E-state index contributed by atoms with van der Waals surface area (Å²) in [6.45, 7) is 5.56. The molecule has 0 saturated heterocycles. The molecule has 1 atom stereocenters. The van der Waals surface area contributed by atoms with E-state index in [0.29, 0.717) is 17.4 Å². The second kappa shape index (κ2) is 7.52. The molecule has 1 unspecified atom stereocenters. The van der Waals surface area contributed by atoms with E-state index >= 15 is 0 Å². The predicted octanol–water partition coefficient (Wildman–Crippen LogP) is 1.59. The molecule has 0 saturated carbocycles. The maximum Gasteiger partial charge on any atom is 0.342 e. The molecule has 116 valence electrons. The Morgan fingerprint density at radius 1 is 1.29 bits per heavy atom. The predicted molar refractivity (Wildman–Crippen MR) is 80.1 cm³/mol. The van der Waals surface area contributed by atoms with Crippen molar-refractivity contribution in [3.05, 3.63) is 23.8 Å². The Labute approximate surface area is 124 Å². The molecule has 1 amide bonds. The maximum atomic E-state index is 11.9. The minimum Gasteiger partial charge on any atom is -0.496 e. The molecule has 6 heteroatoms. The molecule has 0 bridgehead atoms. The van der Waals surface area contributed by atoms with Gasteiger partial charge in [0, 0.05) is 17.8 Å². The van der Waals surface area contributed by atoms with Crippen LogP contribution in [-0.4, -0.2) is 31.6 Å². The molecule has 1 rings (SSSR count). The van der Waals surface area contributed by atoms with Gasteiger partial charge in [-0.25, -0.2) is 4.79 Å². The minimum absolute atomic E-state index is 0.0160. The molecule has 0 fully saturated rings. The zero-order valence-corrected chi connectivity index (χ0v) is 12.8. The number of nitrogens with one attached hydrogen (secondary N) is 1. The fourth-order valence-corrected chi connectivity index (χ4v) is 1.55. The molecule has 0 aliphatic heterocycles. The van der Waals surface area contributed by atoms with Crippen molar-refractivity contribution in [2.24, 2.45) is 5.92 Å². The minimum atomic E-state index is -0.626. The van der Waals surface area contributed by atoms with E-state index in [4.69, 9.17) is 15.2 Å². The Balaban J connectivity index is 2.60. The molecule has 21 heavy (non-hydrogen) atoms. The third-order valence-corrected chi connectivity index (χ3v) is 3.17. The van der Waals surface area contributed by atoms with Gasteiger partial charge >= 0.3 is 5.97 Å². The lowest BCUT2D eigenvalue weighted by Crippen LogP contribution is -2.38. The van der Waals surface area contributed by atoms with Crippen LogP contribution < -0.4 is 15.8 Å². The van der Waals surface area contributed by atoms with Crippen LogP contribution in [0, 0.1) is 5.92 Å². The standard InChI is InChI=1S/C15H22N2O4/c1-9(2)10(3)17-14(18)8-21-15(19)12-6-5-11(16)7-13(12)20-4/h5-7,9-10H,8,16H2,1-4H3,(H,17,18). The maximum absolute atomic E-state index is 11.9. The van der Waals surface area contributed by atoms with Crippen LogP contribution in [0.15, 0.2) is 18.2 Å². The summed E-state index contributed by atoms with van der Waals surface area (Å²) in [5.74, 6) is -0.337. The van der Waals surface area contributed by atoms with E-state index in [0.717, 1.165) is 0 Å². The van der Waals surface area contributed by atoms with Crippen molar-refractivity contribution in [2.75, 3.05) is 19.5 Å².